The van der Waals surface area contributed by atoms with Crippen LogP contribution in [-0.2, 0) is 10.8 Å². The number of aromatic hydroxyl groups is 3. The molecule has 3 N–H and O–H groups in total. The number of aryl methyl sites for hydroxylation is 1. The first-order valence-electron chi connectivity index (χ1n) is 9.72. The zero-order chi connectivity index (χ0) is 18.1. The van der Waals surface area contributed by atoms with Crippen LogP contribution in [0, 0.1) is 18.8 Å². The minimum absolute atomic E-state index is 0.00614. The van der Waals surface area contributed by atoms with Crippen LogP contribution in [-0.4, -0.2) is 15.3 Å². The molecular weight excluding hydrogens is 324 g/mol. The van der Waals surface area contributed by atoms with Crippen LogP contribution >= 0.6 is 0 Å². The van der Waals surface area contributed by atoms with Crippen molar-refractivity contribution >= 4 is 0 Å². The maximum atomic E-state index is 10.7. The molecule has 0 radical (unpaired) electrons. The summed E-state index contributed by atoms with van der Waals surface area (Å²) in [7, 11) is 0. The largest absolute Gasteiger partial charge is 0.508 e. The van der Waals surface area contributed by atoms with Crippen molar-refractivity contribution in [1.29, 1.82) is 0 Å². The summed E-state index contributed by atoms with van der Waals surface area (Å²) in [4.78, 5) is 0. The van der Waals surface area contributed by atoms with Crippen molar-refractivity contribution in [2.45, 2.75) is 56.3 Å². The molecule has 4 aliphatic carbocycles. The predicted molar refractivity (Wildman–Crippen MR) is 101 cm³/mol. The summed E-state index contributed by atoms with van der Waals surface area (Å²) >= 11 is 0. The molecule has 0 aromatic heterocycles. The van der Waals surface area contributed by atoms with E-state index in [1.165, 1.54) is 12.5 Å². The highest BCUT2D eigenvalue weighted by Crippen LogP contribution is 2.67. The number of phenols is 3. The Hall–Kier alpha value is -2.16. The quantitative estimate of drug-likeness (QED) is 0.722. The molecule has 4 saturated carbocycles. The molecule has 0 spiro atoms. The van der Waals surface area contributed by atoms with Crippen LogP contribution in [0.2, 0.25) is 0 Å². The van der Waals surface area contributed by atoms with Gasteiger partial charge in [-0.25, -0.2) is 0 Å². The molecule has 0 amide bonds. The van der Waals surface area contributed by atoms with E-state index < -0.39 is 0 Å². The van der Waals surface area contributed by atoms with Crippen LogP contribution in [0.1, 0.15) is 55.2 Å². The maximum Gasteiger partial charge on any atom is 0.123 e. The molecule has 4 fully saturated rings. The lowest BCUT2D eigenvalue weighted by atomic mass is 9.41. The molecule has 2 aromatic carbocycles. The van der Waals surface area contributed by atoms with E-state index >= 15 is 0 Å². The van der Waals surface area contributed by atoms with Gasteiger partial charge in [0, 0.05) is 28.0 Å². The standard InChI is InChI=1S/C23H26O3/c1-14-2-4-18(20(25)6-14)22-9-15-7-16(10-22)12-23(11-15,13-22)19-5-3-17(24)8-21(19)26/h2-6,8,15-16,24-26H,7,9-13H2,1H3. The van der Waals surface area contributed by atoms with Gasteiger partial charge in [0.25, 0.3) is 0 Å². The van der Waals surface area contributed by atoms with Gasteiger partial charge < -0.3 is 15.3 Å². The van der Waals surface area contributed by atoms with Gasteiger partial charge >= 0.3 is 0 Å². The first-order valence-corrected chi connectivity index (χ1v) is 9.72. The van der Waals surface area contributed by atoms with Crippen LogP contribution in [0.15, 0.2) is 36.4 Å². The van der Waals surface area contributed by atoms with E-state index in [-0.39, 0.29) is 22.3 Å². The molecule has 0 heterocycles. The lowest BCUT2D eigenvalue weighted by Gasteiger charge is -2.62. The van der Waals surface area contributed by atoms with Crippen LogP contribution in [0.4, 0.5) is 0 Å². The zero-order valence-electron chi connectivity index (χ0n) is 15.2. The normalized spacial score (nSPS) is 35.0. The van der Waals surface area contributed by atoms with Gasteiger partial charge in [-0.05, 0) is 75.0 Å². The van der Waals surface area contributed by atoms with E-state index in [4.69, 9.17) is 0 Å². The lowest BCUT2D eigenvalue weighted by Crippen LogP contribution is -2.55. The average molecular weight is 350 g/mol. The van der Waals surface area contributed by atoms with E-state index in [2.05, 4.69) is 12.1 Å². The van der Waals surface area contributed by atoms with Gasteiger partial charge in [0.2, 0.25) is 0 Å². The zero-order valence-corrected chi connectivity index (χ0v) is 15.2. The van der Waals surface area contributed by atoms with Gasteiger partial charge in [0.05, 0.1) is 0 Å². The van der Waals surface area contributed by atoms with E-state index in [0.717, 1.165) is 48.8 Å². The van der Waals surface area contributed by atoms with Crippen molar-refractivity contribution in [3.8, 4) is 17.2 Å². The molecule has 2 aromatic rings. The lowest BCUT2D eigenvalue weighted by molar-refractivity contribution is -0.0297. The first-order chi connectivity index (χ1) is 12.4. The first kappa shape index (κ1) is 16.0. The van der Waals surface area contributed by atoms with Crippen molar-refractivity contribution in [3.05, 3.63) is 53.1 Å². The molecule has 3 heteroatoms. The van der Waals surface area contributed by atoms with Crippen LogP contribution in [0.5, 0.6) is 17.2 Å². The number of hydrogen-bond acceptors (Lipinski definition) is 3. The number of hydrogen-bond donors (Lipinski definition) is 3. The maximum absolute atomic E-state index is 10.7. The van der Waals surface area contributed by atoms with E-state index in [0.29, 0.717) is 17.6 Å². The van der Waals surface area contributed by atoms with Gasteiger partial charge in [-0.3, -0.25) is 0 Å². The molecule has 136 valence electrons. The SMILES string of the molecule is Cc1ccc(C23CC4CC(C2)CC(c2ccc(O)cc2O)(C4)C3)c(O)c1. The highest BCUT2D eigenvalue weighted by molar-refractivity contribution is 5.49. The third kappa shape index (κ3) is 2.19. The topological polar surface area (TPSA) is 60.7 Å². The molecule has 6 rings (SSSR count). The minimum Gasteiger partial charge on any atom is -0.508 e. The molecule has 3 nitrogen and oxygen atoms in total. The van der Waals surface area contributed by atoms with Crippen molar-refractivity contribution in [3.63, 3.8) is 0 Å². The van der Waals surface area contributed by atoms with E-state index in [1.807, 2.05) is 19.1 Å². The Morgan fingerprint density at radius 2 is 1.31 bits per heavy atom. The molecule has 2 atom stereocenters. The molecule has 26 heavy (non-hydrogen) atoms. The van der Waals surface area contributed by atoms with Crippen molar-refractivity contribution in [2.75, 3.05) is 0 Å². The average Bonchev–Trinajstić information content (AvgIpc) is 2.52. The van der Waals surface area contributed by atoms with Gasteiger partial charge in [0.15, 0.2) is 0 Å². The molecule has 4 aliphatic rings. The van der Waals surface area contributed by atoms with E-state index in [9.17, 15) is 15.3 Å². The predicted octanol–water partition coefficient (Wildman–Crippen LogP) is 4.90. The van der Waals surface area contributed by atoms with Crippen LogP contribution in [0.25, 0.3) is 0 Å². The number of benzene rings is 2. The summed E-state index contributed by atoms with van der Waals surface area (Å²) in [6.07, 6.45) is 6.74. The fourth-order valence-corrected chi connectivity index (χ4v) is 6.95. The molecule has 0 aliphatic heterocycles. The second-order valence-corrected chi connectivity index (χ2v) is 9.24. The summed E-state index contributed by atoms with van der Waals surface area (Å²) in [6, 6.07) is 11.2. The monoisotopic (exact) mass is 350 g/mol. The van der Waals surface area contributed by atoms with E-state index in [1.54, 1.807) is 6.07 Å². The molecule has 4 bridgehead atoms. The Balaban J connectivity index is 1.64. The van der Waals surface area contributed by atoms with Gasteiger partial charge in [-0.1, -0.05) is 18.2 Å². The Morgan fingerprint density at radius 1 is 0.769 bits per heavy atom. The van der Waals surface area contributed by atoms with Gasteiger partial charge in [0.1, 0.15) is 17.2 Å². The van der Waals surface area contributed by atoms with Crippen molar-refractivity contribution in [1.82, 2.24) is 0 Å². The van der Waals surface area contributed by atoms with Gasteiger partial charge in [-0.2, -0.15) is 0 Å². The molecule has 0 saturated heterocycles. The summed E-state index contributed by atoms with van der Waals surface area (Å²) in [5, 5.41) is 31.0. The fraction of sp³-hybridized carbons (Fsp3) is 0.478. The minimum atomic E-state index is -0.0425. The fourth-order valence-electron chi connectivity index (χ4n) is 6.95. The Bertz CT molecular complexity index is 802. The second kappa shape index (κ2) is 5.18. The Morgan fingerprint density at radius 3 is 1.85 bits per heavy atom. The highest BCUT2D eigenvalue weighted by atomic mass is 16.3. The highest BCUT2D eigenvalue weighted by Gasteiger charge is 2.59. The molecule has 2 unspecified atom stereocenters. The number of rotatable bonds is 2. The van der Waals surface area contributed by atoms with Crippen LogP contribution in [0.3, 0.4) is 0 Å². The summed E-state index contributed by atoms with van der Waals surface area (Å²) in [5.74, 6) is 2.05. The Labute approximate surface area is 154 Å². The summed E-state index contributed by atoms with van der Waals surface area (Å²) < 4.78 is 0. The van der Waals surface area contributed by atoms with Crippen molar-refractivity contribution in [2.24, 2.45) is 11.8 Å². The third-order valence-corrected chi connectivity index (χ3v) is 7.34. The van der Waals surface area contributed by atoms with Gasteiger partial charge in [-0.15, -0.1) is 0 Å². The summed E-state index contributed by atoms with van der Waals surface area (Å²) in [6.45, 7) is 2.01. The van der Waals surface area contributed by atoms with Crippen molar-refractivity contribution < 1.29 is 15.3 Å². The second-order valence-electron chi connectivity index (χ2n) is 9.24. The molecular formula is C23H26O3. The summed E-state index contributed by atoms with van der Waals surface area (Å²) in [5.41, 5.74) is 3.13. The number of phenolic OH excluding ortho intramolecular Hbond substituents is 3. The third-order valence-electron chi connectivity index (χ3n) is 7.34. The van der Waals surface area contributed by atoms with Crippen LogP contribution < -0.4 is 0 Å². The smallest absolute Gasteiger partial charge is 0.123 e. The Kier molecular flexibility index (Phi) is 3.20.